The Balaban J connectivity index is 1.05. The number of halogens is 1. The summed E-state index contributed by atoms with van der Waals surface area (Å²) in [5, 5.41) is 12.4. The van der Waals surface area contributed by atoms with Gasteiger partial charge in [-0.05, 0) is 33.4 Å². The number of thiazole rings is 1. The molecule has 0 spiro atoms. The van der Waals surface area contributed by atoms with E-state index in [-0.39, 0.29) is 29.6 Å². The van der Waals surface area contributed by atoms with Gasteiger partial charge in [0.1, 0.15) is 35.0 Å². The van der Waals surface area contributed by atoms with Crippen LogP contribution in [-0.2, 0) is 29.5 Å². The van der Waals surface area contributed by atoms with E-state index in [2.05, 4.69) is 58.8 Å². The lowest BCUT2D eigenvalue weighted by Gasteiger charge is -2.49. The number of aromatic nitrogens is 1. The predicted molar refractivity (Wildman–Crippen MR) is 241 cm³/mol. The first-order valence-corrected chi connectivity index (χ1v) is 21.9. The molecule has 2 amide bonds. The Kier molecular flexibility index (Phi) is 12.8. The standard InChI is InChI=1S/C48H40ClN5O5S2/c1-2-28-58-53-39(38-31-61-47(50-38)52-48(35-22-12-5-13-23-35,36-24-14-6-15-25-36)37-26-16-7-17-27-37)43(55)51-40-44(56)54-41(34(29-49)30-60-45(40)54)46(57)59-42(32-18-8-3-9-19-32)33-20-10-4-11-21-33/h2-27,31,40,42,45H,1,28-30H2,(H,50,52)(H,51,55)/t40-,45+/m1/s1. The van der Waals surface area contributed by atoms with Crippen molar-refractivity contribution in [1.82, 2.24) is 15.2 Å². The van der Waals surface area contributed by atoms with E-state index in [0.29, 0.717) is 16.5 Å². The van der Waals surface area contributed by atoms with Gasteiger partial charge in [0.05, 0.1) is 0 Å². The highest BCUT2D eigenvalue weighted by atomic mass is 35.5. The topological polar surface area (TPSA) is 122 Å². The summed E-state index contributed by atoms with van der Waals surface area (Å²) in [6.45, 7) is 3.73. The molecule has 2 atom stereocenters. The van der Waals surface area contributed by atoms with Crippen LogP contribution in [0.5, 0.6) is 0 Å². The van der Waals surface area contributed by atoms with Gasteiger partial charge in [-0.1, -0.05) is 169 Å². The van der Waals surface area contributed by atoms with Crippen LogP contribution in [-0.4, -0.2) is 63.0 Å². The molecule has 2 aliphatic rings. The smallest absolute Gasteiger partial charge is 0.356 e. The summed E-state index contributed by atoms with van der Waals surface area (Å²) in [5.74, 6) is -1.47. The van der Waals surface area contributed by atoms with Gasteiger partial charge in [-0.25, -0.2) is 9.78 Å². The molecule has 0 bridgehead atoms. The summed E-state index contributed by atoms with van der Waals surface area (Å²) in [7, 11) is 0. The number of benzene rings is 5. The van der Waals surface area contributed by atoms with Crippen LogP contribution in [0.4, 0.5) is 5.13 Å². The molecule has 61 heavy (non-hydrogen) atoms. The minimum atomic E-state index is -0.987. The summed E-state index contributed by atoms with van der Waals surface area (Å²) in [5.41, 5.74) is 4.37. The van der Waals surface area contributed by atoms with E-state index in [0.717, 1.165) is 27.8 Å². The molecule has 2 N–H and O–H groups in total. The quantitative estimate of drug-likeness (QED) is 0.0145. The van der Waals surface area contributed by atoms with Crippen molar-refractivity contribution in [3.05, 3.63) is 214 Å². The molecule has 0 radical (unpaired) electrons. The van der Waals surface area contributed by atoms with Crippen LogP contribution >= 0.6 is 34.7 Å². The number of nitrogens with one attached hydrogen (secondary N) is 2. The summed E-state index contributed by atoms with van der Waals surface area (Å²) in [6.07, 6.45) is 0.776. The number of nitrogens with zero attached hydrogens (tertiary/aromatic N) is 3. The van der Waals surface area contributed by atoms with Crippen molar-refractivity contribution in [2.24, 2.45) is 5.16 Å². The van der Waals surface area contributed by atoms with Crippen molar-refractivity contribution >= 4 is 63.3 Å². The Morgan fingerprint density at radius 1 is 0.852 bits per heavy atom. The number of thioether (sulfide) groups is 1. The number of fused-ring (bicyclic) bond motifs is 1. The van der Waals surface area contributed by atoms with E-state index in [4.69, 9.17) is 26.2 Å². The largest absolute Gasteiger partial charge is 0.448 e. The van der Waals surface area contributed by atoms with Gasteiger partial charge in [0.15, 0.2) is 16.9 Å². The van der Waals surface area contributed by atoms with Crippen molar-refractivity contribution in [2.75, 3.05) is 23.6 Å². The SMILES string of the molecule is C=CCON=C(C(=O)N[C@@H]1C(=O)N2C(C(=O)OC(c3ccccc3)c3ccccc3)=C(CCl)CS[C@@H]12)c1csc(NC(c2ccccc2)(c2ccccc2)c2ccccc2)n1. The highest BCUT2D eigenvalue weighted by molar-refractivity contribution is 8.00. The first kappa shape index (κ1) is 41.3. The number of alkyl halides is 1. The first-order valence-electron chi connectivity index (χ1n) is 19.5. The van der Waals surface area contributed by atoms with Gasteiger partial charge in [0.2, 0.25) is 0 Å². The number of oxime groups is 1. The van der Waals surface area contributed by atoms with E-state index in [1.165, 1.54) is 34.1 Å². The molecule has 5 aromatic carbocycles. The molecule has 13 heteroatoms. The van der Waals surface area contributed by atoms with Crippen molar-refractivity contribution in [2.45, 2.75) is 23.1 Å². The zero-order valence-electron chi connectivity index (χ0n) is 32.7. The van der Waals surface area contributed by atoms with Gasteiger partial charge in [-0.2, -0.15) is 0 Å². The third-order valence-electron chi connectivity index (χ3n) is 10.3. The van der Waals surface area contributed by atoms with E-state index in [1.807, 2.05) is 115 Å². The van der Waals surface area contributed by atoms with Crippen LogP contribution in [0.1, 0.15) is 39.6 Å². The lowest BCUT2D eigenvalue weighted by atomic mass is 9.77. The number of esters is 1. The maximum Gasteiger partial charge on any atom is 0.356 e. The minimum absolute atomic E-state index is 0.0179. The van der Waals surface area contributed by atoms with Crippen LogP contribution in [0.15, 0.2) is 186 Å². The lowest BCUT2D eigenvalue weighted by molar-refractivity contribution is -0.154. The fraction of sp³-hybridized carbons (Fsp3) is 0.146. The number of hydrogen-bond donors (Lipinski definition) is 2. The number of carbonyl (C=O) groups is 3. The van der Waals surface area contributed by atoms with E-state index in [9.17, 15) is 14.4 Å². The maximum absolute atomic E-state index is 14.2. The summed E-state index contributed by atoms with van der Waals surface area (Å²) < 4.78 is 6.18. The fourth-order valence-electron chi connectivity index (χ4n) is 7.47. The van der Waals surface area contributed by atoms with E-state index in [1.54, 1.807) is 5.38 Å². The number of rotatable bonds is 16. The molecule has 8 rings (SSSR count). The monoisotopic (exact) mass is 865 g/mol. The average Bonchev–Trinajstić information content (AvgIpc) is 3.79. The minimum Gasteiger partial charge on any atom is -0.448 e. The Morgan fingerprint density at radius 2 is 1.38 bits per heavy atom. The van der Waals surface area contributed by atoms with E-state index < -0.39 is 40.8 Å². The van der Waals surface area contributed by atoms with E-state index >= 15 is 0 Å². The lowest BCUT2D eigenvalue weighted by Crippen LogP contribution is -2.71. The van der Waals surface area contributed by atoms with Crippen LogP contribution in [0.25, 0.3) is 0 Å². The van der Waals surface area contributed by atoms with Gasteiger partial charge >= 0.3 is 5.97 Å². The molecule has 1 aromatic heterocycles. The molecule has 0 saturated carbocycles. The maximum atomic E-state index is 14.2. The third-order valence-corrected chi connectivity index (χ3v) is 12.8. The number of anilines is 1. The summed E-state index contributed by atoms with van der Waals surface area (Å²) >= 11 is 9.08. The van der Waals surface area contributed by atoms with Gasteiger partial charge < -0.3 is 20.2 Å². The van der Waals surface area contributed by atoms with Crippen LogP contribution in [0, 0.1) is 0 Å². The average molecular weight is 866 g/mol. The second-order valence-electron chi connectivity index (χ2n) is 14.1. The number of amides is 2. The van der Waals surface area contributed by atoms with Crippen LogP contribution in [0.3, 0.4) is 0 Å². The molecule has 0 unspecified atom stereocenters. The Labute approximate surface area is 367 Å². The highest BCUT2D eigenvalue weighted by Crippen LogP contribution is 2.43. The number of carbonyl (C=O) groups excluding carboxylic acids is 3. The molecule has 6 aromatic rings. The second-order valence-corrected chi connectivity index (χ2v) is 16.3. The molecule has 306 valence electrons. The molecular weight excluding hydrogens is 826 g/mol. The molecule has 1 fully saturated rings. The normalized spacial score (nSPS) is 16.3. The van der Waals surface area contributed by atoms with Gasteiger partial charge in [-0.15, -0.1) is 34.7 Å². The molecular formula is C48H40ClN5O5S2. The zero-order valence-corrected chi connectivity index (χ0v) is 35.1. The van der Waals surface area contributed by atoms with Crippen molar-refractivity contribution in [3.63, 3.8) is 0 Å². The Hall–Kier alpha value is -6.47. The first-order chi connectivity index (χ1) is 29.9. The van der Waals surface area contributed by atoms with Crippen molar-refractivity contribution in [3.8, 4) is 0 Å². The Morgan fingerprint density at radius 3 is 1.89 bits per heavy atom. The molecule has 0 aliphatic carbocycles. The highest BCUT2D eigenvalue weighted by Gasteiger charge is 2.55. The zero-order chi connectivity index (χ0) is 42.2. The number of ether oxygens (including phenoxy) is 1. The van der Waals surface area contributed by atoms with Gasteiger partial charge in [-0.3, -0.25) is 14.5 Å². The summed E-state index contributed by atoms with van der Waals surface area (Å²) in [4.78, 5) is 54.1. The predicted octanol–water partition coefficient (Wildman–Crippen LogP) is 8.68. The molecule has 10 nitrogen and oxygen atoms in total. The van der Waals surface area contributed by atoms with Gasteiger partial charge in [0.25, 0.3) is 11.8 Å². The fourth-order valence-corrected chi connectivity index (χ4v) is 9.90. The van der Waals surface area contributed by atoms with Crippen LogP contribution in [0.2, 0.25) is 0 Å². The molecule has 3 heterocycles. The second kappa shape index (κ2) is 18.8. The summed E-state index contributed by atoms with van der Waals surface area (Å²) in [6, 6.07) is 48.1. The molecule has 1 saturated heterocycles. The van der Waals surface area contributed by atoms with Crippen molar-refractivity contribution in [1.29, 1.82) is 0 Å². The van der Waals surface area contributed by atoms with Crippen LogP contribution < -0.4 is 10.6 Å². The Bertz CT molecular complexity index is 2420. The molecule has 2 aliphatic heterocycles. The number of hydrogen-bond acceptors (Lipinski definition) is 10. The van der Waals surface area contributed by atoms with Gasteiger partial charge in [0, 0.05) is 17.0 Å². The number of β-lactam (4-membered cyclic amide) rings is 1. The third kappa shape index (κ3) is 8.47. The van der Waals surface area contributed by atoms with Crippen molar-refractivity contribution < 1.29 is 24.0 Å².